The Morgan fingerprint density at radius 2 is 0.605 bits per heavy atom. The van der Waals surface area contributed by atoms with Crippen LogP contribution in [0.15, 0.2) is 24.3 Å². The van der Waals surface area contributed by atoms with Gasteiger partial charge in [0.05, 0.1) is 0 Å². The quantitative estimate of drug-likeness (QED) is 0.0875. The number of benzene rings is 1. The Morgan fingerprint density at radius 3 is 0.868 bits per heavy atom. The van der Waals surface area contributed by atoms with Crippen LogP contribution in [-0.4, -0.2) is 54.6 Å². The minimum absolute atomic E-state index is 0.772. The molecule has 38 heavy (non-hydrogen) atoms. The fourth-order valence-electron chi connectivity index (χ4n) is 5.09. The fraction of sp³-hybridized carbons (Fsp3) is 0.812. The predicted octanol–water partition coefficient (Wildman–Crippen LogP) is 8.20. The first kappa shape index (κ1) is 35.0. The van der Waals surface area contributed by atoms with Gasteiger partial charge >= 0.3 is 0 Å². The van der Waals surface area contributed by atoms with Crippen LogP contribution in [0.2, 0.25) is 0 Å². The normalized spacial score (nSPS) is 12.4. The SMILES string of the molecule is COC(CCCCCCCCCc1ccc(CCCCCCCCCC(OC)(OC)OC)cc1)(OC)OC. The Labute approximate surface area is 234 Å². The van der Waals surface area contributed by atoms with Crippen LogP contribution in [0.1, 0.15) is 114 Å². The highest BCUT2D eigenvalue weighted by atomic mass is 16.9. The molecule has 0 amide bonds. The molecule has 0 spiro atoms. The third-order valence-electron chi connectivity index (χ3n) is 7.79. The van der Waals surface area contributed by atoms with Crippen molar-refractivity contribution in [2.24, 2.45) is 0 Å². The molecule has 0 saturated carbocycles. The van der Waals surface area contributed by atoms with Crippen LogP contribution in [0.25, 0.3) is 0 Å². The van der Waals surface area contributed by atoms with Crippen LogP contribution in [0.5, 0.6) is 0 Å². The summed E-state index contributed by atoms with van der Waals surface area (Å²) in [6, 6.07) is 9.35. The zero-order chi connectivity index (χ0) is 28.0. The van der Waals surface area contributed by atoms with Gasteiger partial charge in [0, 0.05) is 55.5 Å². The maximum atomic E-state index is 5.35. The largest absolute Gasteiger partial charge is 0.331 e. The van der Waals surface area contributed by atoms with E-state index in [1.807, 2.05) is 0 Å². The number of hydrogen-bond acceptors (Lipinski definition) is 6. The van der Waals surface area contributed by atoms with E-state index in [0.29, 0.717) is 0 Å². The molecule has 222 valence electrons. The van der Waals surface area contributed by atoms with Gasteiger partial charge in [0.2, 0.25) is 0 Å². The van der Waals surface area contributed by atoms with Crippen molar-refractivity contribution < 1.29 is 28.4 Å². The molecule has 1 aromatic rings. The number of hydrogen-bond donors (Lipinski definition) is 0. The van der Waals surface area contributed by atoms with Gasteiger partial charge in [-0.1, -0.05) is 88.5 Å². The van der Waals surface area contributed by atoms with Crippen molar-refractivity contribution >= 4 is 0 Å². The van der Waals surface area contributed by atoms with Crippen molar-refractivity contribution in [1.82, 2.24) is 0 Å². The van der Waals surface area contributed by atoms with E-state index in [-0.39, 0.29) is 0 Å². The molecule has 0 aliphatic carbocycles. The van der Waals surface area contributed by atoms with Crippen molar-refractivity contribution in [3.8, 4) is 0 Å². The van der Waals surface area contributed by atoms with Crippen LogP contribution < -0.4 is 0 Å². The molecule has 0 aliphatic rings. The van der Waals surface area contributed by atoms with Crippen LogP contribution in [0.4, 0.5) is 0 Å². The van der Waals surface area contributed by atoms with Crippen molar-refractivity contribution in [3.05, 3.63) is 35.4 Å². The molecule has 0 unspecified atom stereocenters. The summed E-state index contributed by atoms with van der Waals surface area (Å²) in [7, 11) is 9.79. The Morgan fingerprint density at radius 1 is 0.368 bits per heavy atom. The molecule has 1 rings (SSSR count). The molecular formula is C32H58O6. The van der Waals surface area contributed by atoms with Crippen molar-refractivity contribution in [1.29, 1.82) is 0 Å². The summed E-state index contributed by atoms with van der Waals surface area (Å²) >= 11 is 0. The average molecular weight is 539 g/mol. The smallest absolute Gasteiger partial charge is 0.282 e. The zero-order valence-electron chi connectivity index (χ0n) is 25.5. The van der Waals surface area contributed by atoms with Gasteiger partial charge in [-0.05, 0) is 49.7 Å². The summed E-state index contributed by atoms with van der Waals surface area (Å²) in [5.41, 5.74) is 2.95. The lowest BCUT2D eigenvalue weighted by atomic mass is 10.0. The van der Waals surface area contributed by atoms with Crippen LogP contribution in [0.3, 0.4) is 0 Å². The van der Waals surface area contributed by atoms with Crippen molar-refractivity contribution in [2.45, 2.75) is 128 Å². The van der Waals surface area contributed by atoms with E-state index < -0.39 is 11.9 Å². The van der Waals surface area contributed by atoms with Gasteiger partial charge in [0.1, 0.15) is 0 Å². The second kappa shape index (κ2) is 21.8. The van der Waals surface area contributed by atoms with Gasteiger partial charge in [-0.3, -0.25) is 0 Å². The number of rotatable bonds is 26. The van der Waals surface area contributed by atoms with E-state index >= 15 is 0 Å². The van der Waals surface area contributed by atoms with Crippen LogP contribution >= 0.6 is 0 Å². The molecule has 1 aromatic carbocycles. The van der Waals surface area contributed by atoms with E-state index in [1.54, 1.807) is 42.7 Å². The molecule has 0 aromatic heterocycles. The van der Waals surface area contributed by atoms with Gasteiger partial charge in [0.15, 0.2) is 0 Å². The second-order valence-electron chi connectivity index (χ2n) is 10.4. The van der Waals surface area contributed by atoms with Gasteiger partial charge in [-0.2, -0.15) is 0 Å². The molecule has 0 bridgehead atoms. The first-order valence-electron chi connectivity index (χ1n) is 14.9. The van der Waals surface area contributed by atoms with Crippen LogP contribution in [0, 0.1) is 0 Å². The number of unbranched alkanes of at least 4 members (excludes halogenated alkanes) is 12. The van der Waals surface area contributed by atoms with Gasteiger partial charge in [0.25, 0.3) is 11.9 Å². The molecule has 0 aliphatic heterocycles. The van der Waals surface area contributed by atoms with Gasteiger partial charge in [-0.15, -0.1) is 0 Å². The highest BCUT2D eigenvalue weighted by Gasteiger charge is 2.29. The molecule has 6 nitrogen and oxygen atoms in total. The van der Waals surface area contributed by atoms with Crippen LogP contribution in [-0.2, 0) is 41.3 Å². The van der Waals surface area contributed by atoms with E-state index in [4.69, 9.17) is 28.4 Å². The minimum atomic E-state index is -0.871. The first-order chi connectivity index (χ1) is 18.5. The highest BCUT2D eigenvalue weighted by molar-refractivity contribution is 5.22. The second-order valence-corrected chi connectivity index (χ2v) is 10.4. The summed E-state index contributed by atoms with van der Waals surface area (Å²) in [5.74, 6) is -1.74. The molecule has 0 fully saturated rings. The third-order valence-corrected chi connectivity index (χ3v) is 7.79. The standard InChI is InChI=1S/C32H58O6/c1-33-31(34-2,35-3)27-19-15-11-7-9-13-17-21-29-23-25-30(26-24-29)22-18-14-10-8-12-16-20-28-32(36-4,37-5)38-6/h23-26H,7-22,27-28H2,1-6H3. The zero-order valence-corrected chi connectivity index (χ0v) is 25.5. The summed E-state index contributed by atoms with van der Waals surface area (Å²) in [5, 5.41) is 0. The Kier molecular flexibility index (Phi) is 20.0. The van der Waals surface area contributed by atoms with E-state index in [2.05, 4.69) is 24.3 Å². The van der Waals surface area contributed by atoms with E-state index in [0.717, 1.165) is 25.7 Å². The number of methoxy groups -OCH3 is 6. The summed E-state index contributed by atoms with van der Waals surface area (Å²) in [6.45, 7) is 0. The molecule has 0 atom stereocenters. The monoisotopic (exact) mass is 538 g/mol. The number of aryl methyl sites for hydroxylation is 2. The maximum Gasteiger partial charge on any atom is 0.282 e. The minimum Gasteiger partial charge on any atom is -0.331 e. The third kappa shape index (κ3) is 14.4. The average Bonchev–Trinajstić information content (AvgIpc) is 2.96. The maximum absolute atomic E-state index is 5.35. The Bertz CT molecular complexity index is 581. The molecule has 6 heteroatoms. The lowest BCUT2D eigenvalue weighted by Gasteiger charge is -2.28. The number of ether oxygens (including phenoxy) is 6. The lowest BCUT2D eigenvalue weighted by Crippen LogP contribution is -2.35. The first-order valence-corrected chi connectivity index (χ1v) is 14.9. The fourth-order valence-corrected chi connectivity index (χ4v) is 5.09. The van der Waals surface area contributed by atoms with Gasteiger partial charge < -0.3 is 28.4 Å². The topological polar surface area (TPSA) is 55.4 Å². The summed E-state index contributed by atoms with van der Waals surface area (Å²) in [6.07, 6.45) is 21.4. The Balaban J connectivity index is 2.00. The predicted molar refractivity (Wildman–Crippen MR) is 155 cm³/mol. The van der Waals surface area contributed by atoms with E-state index in [9.17, 15) is 0 Å². The lowest BCUT2D eigenvalue weighted by molar-refractivity contribution is -0.355. The Hall–Kier alpha value is -1.02. The van der Waals surface area contributed by atoms with Crippen molar-refractivity contribution in [3.63, 3.8) is 0 Å². The highest BCUT2D eigenvalue weighted by Crippen LogP contribution is 2.23. The molecule has 0 N–H and O–H groups in total. The molecule has 0 saturated heterocycles. The van der Waals surface area contributed by atoms with Gasteiger partial charge in [-0.25, -0.2) is 0 Å². The van der Waals surface area contributed by atoms with Crippen molar-refractivity contribution in [2.75, 3.05) is 42.7 Å². The summed E-state index contributed by atoms with van der Waals surface area (Å²) < 4.78 is 32.1. The summed E-state index contributed by atoms with van der Waals surface area (Å²) in [4.78, 5) is 0. The molecular weight excluding hydrogens is 480 g/mol. The van der Waals surface area contributed by atoms with E-state index in [1.165, 1.54) is 101 Å². The molecule has 0 radical (unpaired) electrons. The molecule has 0 heterocycles.